The first-order valence-electron chi connectivity index (χ1n) is 47.9. The van der Waals surface area contributed by atoms with Crippen LogP contribution >= 0.6 is 45.3 Å². The van der Waals surface area contributed by atoms with Crippen LogP contribution in [0, 0.1) is 49.4 Å². The van der Waals surface area contributed by atoms with Crippen molar-refractivity contribution in [3.05, 3.63) is 334 Å². The summed E-state index contributed by atoms with van der Waals surface area (Å²) in [6.45, 7) is 7.90. The Balaban J connectivity index is 0.000000124. The number of hydrogen-bond acceptors (Lipinski definition) is 19. The first-order valence-corrected chi connectivity index (χ1v) is 51.2. The van der Waals surface area contributed by atoms with Gasteiger partial charge in [0.2, 0.25) is 5.91 Å². The lowest BCUT2D eigenvalue weighted by Gasteiger charge is -2.31. The SMILES string of the molecule is CCC(=O)c1ccc2c(n1)nc(-c1ccccn1)n2[C@@H]1CCC[C@H](CC(=O)c2ccc(C)s2)C1.CNC(=O)c1ccn2c(C3CCCC(NC(=O)c4ccc(C)s4)C3)c(-c3ccccc3)nc2c1.Cc1ccc(C(=O)NC2CCCC(c3c(-c4ccccc4C#N)nc4cc(C#N)ccn34)C2)s1.NC(=O)c1ccn2c(C3CCCC(NC(=O)c4ccc(-c5ccccc5)s4)C3)c(-c3ccccc3)nc2c1. The number of thiophene rings is 4. The number of Topliss-reactive ketones (excluding diaryl/α,β-unsaturated/α-hetero) is 2. The molecule has 4 fully saturated rings. The molecule has 13 heterocycles. The fourth-order valence-electron chi connectivity index (χ4n) is 20.3. The number of carbonyl (C=O) groups excluding carboxylic acids is 7. The molecule has 4 aromatic carbocycles. The third-order valence-corrected chi connectivity index (χ3v) is 31.1. The van der Waals surface area contributed by atoms with Gasteiger partial charge < -0.3 is 44.8 Å². The summed E-state index contributed by atoms with van der Waals surface area (Å²) >= 11 is 6.14. The molecular formula is C112H107N17O7S4. The molecule has 28 heteroatoms. The largest absolute Gasteiger partial charge is 0.366 e. The number of hydrogen-bond donors (Lipinski definition) is 5. The molecule has 706 valence electrons. The highest BCUT2D eigenvalue weighted by Gasteiger charge is 2.37. The number of nitrogens with zero attached hydrogens (tertiary/aromatic N) is 12. The lowest BCUT2D eigenvalue weighted by atomic mass is 9.82. The molecule has 140 heavy (non-hydrogen) atoms. The Morgan fingerprint density at radius 3 is 1.45 bits per heavy atom. The number of nitriles is 2. The number of primary amides is 1. The Bertz CT molecular complexity index is 7310. The molecule has 6 N–H and O–H groups in total. The monoisotopic (exact) mass is 1930 g/mol. The van der Waals surface area contributed by atoms with Crippen LogP contribution in [-0.4, -0.2) is 114 Å². The van der Waals surface area contributed by atoms with Crippen LogP contribution in [0.3, 0.4) is 0 Å². The van der Waals surface area contributed by atoms with Gasteiger partial charge in [-0.3, -0.25) is 38.5 Å². The summed E-state index contributed by atoms with van der Waals surface area (Å²) in [7, 11) is 1.63. The van der Waals surface area contributed by atoms with Crippen LogP contribution < -0.4 is 27.0 Å². The molecule has 0 aliphatic heterocycles. The van der Waals surface area contributed by atoms with E-state index in [0.29, 0.717) is 63.6 Å². The molecule has 13 aromatic heterocycles. The quantitative estimate of drug-likeness (QED) is 0.0394. The molecule has 17 aromatic rings. The summed E-state index contributed by atoms with van der Waals surface area (Å²) in [5, 5.41) is 31.6. The minimum absolute atomic E-state index is 0.0101. The molecule has 0 radical (unpaired) electrons. The molecule has 0 bridgehead atoms. The Hall–Kier alpha value is -14.8. The second kappa shape index (κ2) is 43.5. The highest BCUT2D eigenvalue weighted by molar-refractivity contribution is 7.17. The van der Waals surface area contributed by atoms with E-state index in [4.69, 9.17) is 25.7 Å². The molecule has 4 saturated carbocycles. The summed E-state index contributed by atoms with van der Waals surface area (Å²) in [5.41, 5.74) is 22.5. The number of carbonyl (C=O) groups is 7. The molecule has 24 nitrogen and oxygen atoms in total. The van der Waals surface area contributed by atoms with Crippen LogP contribution in [0.25, 0.3) is 83.8 Å². The Morgan fingerprint density at radius 2 is 0.929 bits per heavy atom. The summed E-state index contributed by atoms with van der Waals surface area (Å²) in [6.07, 6.45) is 24.0. The van der Waals surface area contributed by atoms with E-state index in [0.717, 1.165) is 216 Å². The van der Waals surface area contributed by atoms with E-state index >= 15 is 0 Å². The molecule has 4 aliphatic rings. The summed E-state index contributed by atoms with van der Waals surface area (Å²) in [4.78, 5) is 124. The lowest BCUT2D eigenvalue weighted by molar-refractivity contribution is 0.0920. The van der Waals surface area contributed by atoms with Crippen molar-refractivity contribution in [2.75, 3.05) is 7.05 Å². The maximum absolute atomic E-state index is 13.2. The van der Waals surface area contributed by atoms with Gasteiger partial charge >= 0.3 is 0 Å². The standard InChI is InChI=1S/C31H28N4O2S.C27H23N5OS.2C27H28N4O2S/c32-30(36)23-16-17-35-27(19-23)34-28(21-10-5-2-6-11-21)29(35)22-12-7-13-24(18-22)33-31(37)26-15-14-25(38-26)20-8-3-1-4-9-20;1-17-9-10-23(34-17)27(33)30-21-7-4-6-19(14-21)26-25(22-8-3-2-5-20(22)16-29)31-24-13-18(15-28)11-12-32(24)26;1-17-11-12-22(34-17)27(33)29-21-10-6-9-19(15-21)25-24(18-7-4-3-5-8-18)30-23-16-20(26(32)28-2)13-14-31(23)25;1-3-23(32)20-11-12-22-26(29-20)30-27(21-9-4-5-14-28-21)31(22)19-8-6-7-18(15-19)16-24(33)25-13-10-17(2)34-25/h1-6,8-11,14-17,19,22,24H,7,12-13,18H2,(H2,32,36)(H,33,37);2-3,5,8-13,19,21H,4,6-7,14H2,1H3,(H,30,33);3-5,7-8,11-14,16,19,21H,6,9-10,15H2,1-2H3,(H,28,32)(H,29,33);4-5,9-14,18-19H,3,6-8,15-16H2,1-2H3/t;;;18-,19+/m...0/s1. The van der Waals surface area contributed by atoms with Crippen molar-refractivity contribution in [3.63, 3.8) is 0 Å². The van der Waals surface area contributed by atoms with E-state index in [1.165, 1.54) is 38.9 Å². The maximum atomic E-state index is 13.2. The van der Waals surface area contributed by atoms with E-state index in [1.807, 2.05) is 208 Å². The zero-order chi connectivity index (χ0) is 97.0. The smallest absolute Gasteiger partial charge is 0.261 e. The van der Waals surface area contributed by atoms with Crippen molar-refractivity contribution in [2.24, 2.45) is 11.7 Å². The van der Waals surface area contributed by atoms with Gasteiger partial charge in [0.15, 0.2) is 23.0 Å². The molecule has 8 atom stereocenters. The van der Waals surface area contributed by atoms with Gasteiger partial charge in [-0.05, 0) is 225 Å². The van der Waals surface area contributed by atoms with Crippen molar-refractivity contribution < 1.29 is 33.6 Å². The van der Waals surface area contributed by atoms with Crippen LogP contribution in [0.1, 0.15) is 259 Å². The number of nitrogens with one attached hydrogen (secondary N) is 4. The first kappa shape index (κ1) is 95.5. The normalized spacial score (nSPS) is 17.9. The molecule has 6 unspecified atom stereocenters. The van der Waals surface area contributed by atoms with Gasteiger partial charge in [-0.15, -0.1) is 45.3 Å². The fraction of sp³-hybridized carbons (Fsp3) is 0.277. The highest BCUT2D eigenvalue weighted by atomic mass is 32.1. The van der Waals surface area contributed by atoms with E-state index in [-0.39, 0.29) is 77.1 Å². The number of pyridine rings is 5. The molecule has 0 spiro atoms. The van der Waals surface area contributed by atoms with Gasteiger partial charge in [-0.2, -0.15) is 10.5 Å². The number of amides is 5. The lowest BCUT2D eigenvalue weighted by Crippen LogP contribution is -2.37. The van der Waals surface area contributed by atoms with Gasteiger partial charge in [0.25, 0.3) is 23.6 Å². The fourth-order valence-corrected chi connectivity index (χ4v) is 23.5. The number of benzene rings is 4. The van der Waals surface area contributed by atoms with Crippen molar-refractivity contribution >= 4 is 115 Å². The van der Waals surface area contributed by atoms with Crippen LogP contribution in [0.5, 0.6) is 0 Å². The van der Waals surface area contributed by atoms with Gasteiger partial charge in [0.1, 0.15) is 28.3 Å². The van der Waals surface area contributed by atoms with Crippen molar-refractivity contribution in [2.45, 2.75) is 185 Å². The number of ketones is 2. The Labute approximate surface area is 827 Å². The average Bonchev–Trinajstić information content (AvgIpc) is 1.71. The number of aromatic nitrogens is 10. The Morgan fingerprint density at radius 1 is 0.443 bits per heavy atom. The minimum atomic E-state index is -0.470. The van der Waals surface area contributed by atoms with Crippen LogP contribution in [0.2, 0.25) is 0 Å². The molecule has 5 amide bonds. The van der Waals surface area contributed by atoms with Crippen molar-refractivity contribution in [3.8, 4) is 67.9 Å². The summed E-state index contributed by atoms with van der Waals surface area (Å²) < 4.78 is 8.49. The number of fused-ring (bicyclic) bond motifs is 4. The number of imidazole rings is 4. The van der Waals surface area contributed by atoms with Crippen LogP contribution in [-0.2, 0) is 0 Å². The predicted octanol–water partition coefficient (Wildman–Crippen LogP) is 23.5. The molecular weight excluding hydrogens is 1820 g/mol. The molecule has 4 aliphatic carbocycles. The van der Waals surface area contributed by atoms with E-state index in [1.54, 1.807) is 61.0 Å². The minimum Gasteiger partial charge on any atom is -0.366 e. The van der Waals surface area contributed by atoms with Gasteiger partial charge in [-0.25, -0.2) is 24.9 Å². The van der Waals surface area contributed by atoms with Crippen molar-refractivity contribution in [1.29, 1.82) is 10.5 Å². The van der Waals surface area contributed by atoms with E-state index < -0.39 is 5.91 Å². The summed E-state index contributed by atoms with van der Waals surface area (Å²) in [5.74, 6) is 1.36. The second-order valence-corrected chi connectivity index (χ2v) is 41.4. The topological polar surface area (TPSA) is 337 Å². The predicted molar refractivity (Wildman–Crippen MR) is 553 cm³/mol. The third-order valence-electron chi connectivity index (χ3n) is 27.0. The van der Waals surface area contributed by atoms with E-state index in [9.17, 15) is 44.1 Å². The zero-order valence-electron chi connectivity index (χ0n) is 78.5. The summed E-state index contributed by atoms with van der Waals surface area (Å²) in [6, 6.07) is 78.8. The zero-order valence-corrected chi connectivity index (χ0v) is 81.8. The number of rotatable bonds is 22. The van der Waals surface area contributed by atoms with Gasteiger partial charge in [0.05, 0.1) is 82.5 Å². The molecule has 0 saturated heterocycles. The first-order chi connectivity index (χ1) is 68.2. The highest BCUT2D eigenvalue weighted by Crippen LogP contribution is 2.46. The van der Waals surface area contributed by atoms with Gasteiger partial charge in [-0.1, -0.05) is 148 Å². The average molecular weight is 1930 g/mol. The second-order valence-electron chi connectivity index (χ2n) is 36.4. The van der Waals surface area contributed by atoms with Crippen LogP contribution in [0.15, 0.2) is 255 Å². The Kier molecular flexibility index (Phi) is 29.7. The van der Waals surface area contributed by atoms with Crippen molar-refractivity contribution in [1.82, 2.24) is 68.9 Å². The molecule has 21 rings (SSSR count). The maximum Gasteiger partial charge on any atom is 0.261 e. The van der Waals surface area contributed by atoms with E-state index in [2.05, 4.69) is 93.1 Å². The number of aryl methyl sites for hydroxylation is 3. The number of nitrogens with two attached hydrogens (primary N) is 1. The van der Waals surface area contributed by atoms with Gasteiger partial charge in [0, 0.05) is 134 Å². The van der Waals surface area contributed by atoms with Crippen LogP contribution in [0.4, 0.5) is 0 Å². The third kappa shape index (κ3) is 21.5.